The Morgan fingerprint density at radius 1 is 1.48 bits per heavy atom. The number of ether oxygens (including phenoxy) is 1. The van der Waals surface area contributed by atoms with Gasteiger partial charge in [0.2, 0.25) is 0 Å². The highest BCUT2D eigenvalue weighted by atomic mass is 32.2. The first-order valence-corrected chi connectivity index (χ1v) is 8.66. The molecule has 1 fully saturated rings. The zero-order chi connectivity index (χ0) is 15.6. The molecule has 0 spiro atoms. The van der Waals surface area contributed by atoms with Crippen LogP contribution in [0.15, 0.2) is 18.2 Å². The Morgan fingerprint density at radius 2 is 2.19 bits per heavy atom. The molecule has 1 saturated heterocycles. The maximum Gasteiger partial charge on any atom is 0.257 e. The molecule has 0 radical (unpaired) electrons. The number of sulfone groups is 1. The molecular weight excluding hydrogens is 292 g/mol. The van der Waals surface area contributed by atoms with Crippen LogP contribution in [0.25, 0.3) is 0 Å². The summed E-state index contributed by atoms with van der Waals surface area (Å²) in [6, 6.07) is 4.70. The summed E-state index contributed by atoms with van der Waals surface area (Å²) in [7, 11) is -1.42. The van der Waals surface area contributed by atoms with Crippen LogP contribution in [0.2, 0.25) is 0 Å². The fraction of sp³-hybridized carbons (Fsp3) is 0.500. The number of anilines is 1. The number of hydrogen-bond acceptors (Lipinski definition) is 5. The van der Waals surface area contributed by atoms with Crippen LogP contribution in [0.1, 0.15) is 23.7 Å². The largest absolute Gasteiger partial charge is 0.491 e. The van der Waals surface area contributed by atoms with Gasteiger partial charge in [0.15, 0.2) is 15.6 Å². The Labute approximate surface area is 124 Å². The predicted octanol–water partition coefficient (Wildman–Crippen LogP) is 0.927. The van der Waals surface area contributed by atoms with Gasteiger partial charge in [-0.2, -0.15) is 0 Å². The molecule has 6 nitrogen and oxygen atoms in total. The summed E-state index contributed by atoms with van der Waals surface area (Å²) in [5, 5.41) is 0. The molecule has 116 valence electrons. The Hall–Kier alpha value is -1.76. The van der Waals surface area contributed by atoms with Crippen molar-refractivity contribution < 1.29 is 17.9 Å². The smallest absolute Gasteiger partial charge is 0.257 e. The van der Waals surface area contributed by atoms with E-state index in [0.717, 1.165) is 0 Å². The van der Waals surface area contributed by atoms with Crippen molar-refractivity contribution in [2.75, 3.05) is 30.9 Å². The molecule has 1 heterocycles. The molecule has 0 bridgehead atoms. The second-order valence-corrected chi connectivity index (χ2v) is 7.36. The standard InChI is InChI=1S/C14H20N2O4S/c1-3-20-13-11(5-4-6-12(13)15)14(17)16(2)10-7-8-21(18,19)9-10/h4-6,10H,3,7-9,15H2,1-2H3. The molecule has 2 N–H and O–H groups in total. The highest BCUT2D eigenvalue weighted by Crippen LogP contribution is 2.28. The lowest BCUT2D eigenvalue weighted by Crippen LogP contribution is -2.38. The van der Waals surface area contributed by atoms with Crippen molar-refractivity contribution in [1.82, 2.24) is 4.90 Å². The molecule has 1 atom stereocenters. The molecule has 7 heteroatoms. The van der Waals surface area contributed by atoms with Crippen molar-refractivity contribution >= 4 is 21.4 Å². The average Bonchev–Trinajstić information content (AvgIpc) is 2.80. The molecule has 1 aromatic rings. The minimum absolute atomic E-state index is 0.0154. The van der Waals surface area contributed by atoms with Crippen LogP contribution in [0.5, 0.6) is 5.75 Å². The lowest BCUT2D eigenvalue weighted by molar-refractivity contribution is 0.0743. The Bertz CT molecular complexity index is 642. The summed E-state index contributed by atoms with van der Waals surface area (Å²) in [6.07, 6.45) is 0.469. The van der Waals surface area contributed by atoms with E-state index in [-0.39, 0.29) is 23.5 Å². The molecule has 1 aromatic carbocycles. The van der Waals surface area contributed by atoms with Crippen molar-refractivity contribution in [3.63, 3.8) is 0 Å². The van der Waals surface area contributed by atoms with E-state index in [1.54, 1.807) is 25.2 Å². The van der Waals surface area contributed by atoms with E-state index in [1.807, 2.05) is 6.92 Å². The van der Waals surface area contributed by atoms with Crippen LogP contribution in [-0.4, -0.2) is 50.4 Å². The molecule has 1 unspecified atom stereocenters. The second kappa shape index (κ2) is 5.93. The zero-order valence-electron chi connectivity index (χ0n) is 12.2. The first-order valence-electron chi connectivity index (χ1n) is 6.84. The van der Waals surface area contributed by atoms with Gasteiger partial charge in [0.05, 0.1) is 29.4 Å². The average molecular weight is 312 g/mol. The van der Waals surface area contributed by atoms with Gasteiger partial charge in [-0.25, -0.2) is 8.42 Å². The fourth-order valence-electron chi connectivity index (χ4n) is 2.47. The molecule has 0 aliphatic carbocycles. The zero-order valence-corrected chi connectivity index (χ0v) is 13.0. The van der Waals surface area contributed by atoms with Crippen LogP contribution in [0.3, 0.4) is 0 Å². The van der Waals surface area contributed by atoms with Gasteiger partial charge >= 0.3 is 0 Å². The van der Waals surface area contributed by atoms with E-state index < -0.39 is 9.84 Å². The van der Waals surface area contributed by atoms with E-state index in [9.17, 15) is 13.2 Å². The maximum absolute atomic E-state index is 12.6. The molecule has 0 saturated carbocycles. The lowest BCUT2D eigenvalue weighted by atomic mass is 10.1. The van der Waals surface area contributed by atoms with Gasteiger partial charge in [-0.1, -0.05) is 6.07 Å². The number of hydrogen-bond donors (Lipinski definition) is 1. The van der Waals surface area contributed by atoms with Crippen LogP contribution in [-0.2, 0) is 9.84 Å². The number of benzene rings is 1. The fourth-order valence-corrected chi connectivity index (χ4v) is 4.24. The summed E-state index contributed by atoms with van der Waals surface area (Å²) in [4.78, 5) is 14.1. The van der Waals surface area contributed by atoms with Crippen molar-refractivity contribution in [3.8, 4) is 5.75 Å². The van der Waals surface area contributed by atoms with E-state index >= 15 is 0 Å². The van der Waals surface area contributed by atoms with Crippen molar-refractivity contribution in [2.45, 2.75) is 19.4 Å². The molecule has 21 heavy (non-hydrogen) atoms. The van der Waals surface area contributed by atoms with Crippen molar-refractivity contribution in [3.05, 3.63) is 23.8 Å². The minimum atomic E-state index is -3.03. The number of nitrogens with two attached hydrogens (primary N) is 1. The molecule has 0 aromatic heterocycles. The van der Waals surface area contributed by atoms with Gasteiger partial charge in [0, 0.05) is 13.1 Å². The summed E-state index contributed by atoms with van der Waals surface area (Å²) in [6.45, 7) is 2.21. The van der Waals surface area contributed by atoms with Crippen molar-refractivity contribution in [1.29, 1.82) is 0 Å². The summed E-state index contributed by atoms with van der Waals surface area (Å²) in [5.74, 6) is 0.233. The third kappa shape index (κ3) is 3.29. The number of carbonyl (C=O) groups excluding carboxylic acids is 1. The Morgan fingerprint density at radius 3 is 2.76 bits per heavy atom. The first-order chi connectivity index (χ1) is 9.85. The highest BCUT2D eigenvalue weighted by molar-refractivity contribution is 7.91. The van der Waals surface area contributed by atoms with Crippen LogP contribution >= 0.6 is 0 Å². The van der Waals surface area contributed by atoms with Crippen molar-refractivity contribution in [2.24, 2.45) is 0 Å². The number of nitrogens with zero attached hydrogens (tertiary/aromatic N) is 1. The predicted molar refractivity (Wildman–Crippen MR) is 81.2 cm³/mol. The SMILES string of the molecule is CCOc1c(N)cccc1C(=O)N(C)C1CCS(=O)(=O)C1. The molecular formula is C14H20N2O4S. The number of para-hydroxylation sites is 1. The number of nitrogen functional groups attached to an aromatic ring is 1. The number of rotatable bonds is 4. The van der Waals surface area contributed by atoms with Crippen LogP contribution in [0.4, 0.5) is 5.69 Å². The van der Waals surface area contributed by atoms with Gasteiger partial charge in [0.25, 0.3) is 5.91 Å². The first kappa shape index (κ1) is 15.6. The van der Waals surface area contributed by atoms with Gasteiger partial charge in [-0.3, -0.25) is 4.79 Å². The topological polar surface area (TPSA) is 89.7 Å². The van der Waals surface area contributed by atoms with Gasteiger partial charge in [-0.15, -0.1) is 0 Å². The second-order valence-electron chi connectivity index (χ2n) is 5.13. The maximum atomic E-state index is 12.6. The van der Waals surface area contributed by atoms with E-state index in [0.29, 0.717) is 30.0 Å². The van der Waals surface area contributed by atoms with E-state index in [2.05, 4.69) is 0 Å². The third-order valence-electron chi connectivity index (χ3n) is 3.64. The third-order valence-corrected chi connectivity index (χ3v) is 5.39. The summed E-state index contributed by atoms with van der Waals surface area (Å²) >= 11 is 0. The normalized spacial score (nSPS) is 20.2. The van der Waals surface area contributed by atoms with Crippen LogP contribution < -0.4 is 10.5 Å². The van der Waals surface area contributed by atoms with Gasteiger partial charge in [-0.05, 0) is 25.5 Å². The van der Waals surface area contributed by atoms with Crippen LogP contribution in [0, 0.1) is 0 Å². The van der Waals surface area contributed by atoms with Gasteiger partial charge in [0.1, 0.15) is 0 Å². The Balaban J connectivity index is 2.26. The lowest BCUT2D eigenvalue weighted by Gasteiger charge is -2.24. The van der Waals surface area contributed by atoms with E-state index in [4.69, 9.17) is 10.5 Å². The van der Waals surface area contributed by atoms with Gasteiger partial charge < -0.3 is 15.4 Å². The quantitative estimate of drug-likeness (QED) is 0.835. The Kier molecular flexibility index (Phi) is 4.41. The highest BCUT2D eigenvalue weighted by Gasteiger charge is 2.33. The molecule has 1 aliphatic rings. The minimum Gasteiger partial charge on any atom is -0.491 e. The summed E-state index contributed by atoms with van der Waals surface area (Å²) < 4.78 is 28.5. The molecule has 2 rings (SSSR count). The molecule has 1 amide bonds. The number of amides is 1. The van der Waals surface area contributed by atoms with E-state index in [1.165, 1.54) is 4.90 Å². The number of carbonyl (C=O) groups is 1. The summed E-state index contributed by atoms with van der Waals surface area (Å²) in [5.41, 5.74) is 6.61. The monoisotopic (exact) mass is 312 g/mol. The molecule has 1 aliphatic heterocycles.